The molecule has 0 N–H and O–H groups in total. The Labute approximate surface area is 140 Å². The van der Waals surface area contributed by atoms with E-state index in [1.807, 2.05) is 29.6 Å². The highest BCUT2D eigenvalue weighted by atomic mass is 32.1. The molecule has 0 bridgehead atoms. The Kier molecular flexibility index (Phi) is 3.93. The van der Waals surface area contributed by atoms with Crippen molar-refractivity contribution in [2.75, 3.05) is 6.54 Å². The molecular formula is C17H22N4OS. The summed E-state index contributed by atoms with van der Waals surface area (Å²) in [6.07, 6.45) is 7.65. The molecule has 1 aliphatic heterocycles. The molecule has 0 aromatic carbocycles. The summed E-state index contributed by atoms with van der Waals surface area (Å²) in [6.45, 7) is 3.83. The quantitative estimate of drug-likeness (QED) is 0.863. The van der Waals surface area contributed by atoms with E-state index < -0.39 is 0 Å². The molecule has 23 heavy (non-hydrogen) atoms. The van der Waals surface area contributed by atoms with E-state index in [4.69, 9.17) is 0 Å². The fourth-order valence-electron chi connectivity index (χ4n) is 3.41. The summed E-state index contributed by atoms with van der Waals surface area (Å²) < 4.78 is 2.18. The van der Waals surface area contributed by atoms with Gasteiger partial charge in [-0.05, 0) is 62.0 Å². The predicted octanol–water partition coefficient (Wildman–Crippen LogP) is 3.43. The number of hydrogen-bond acceptors (Lipinski definition) is 4. The zero-order chi connectivity index (χ0) is 15.8. The number of nitrogens with zero attached hydrogens (tertiary/aromatic N) is 4. The average molecular weight is 330 g/mol. The third-order valence-electron chi connectivity index (χ3n) is 4.92. The molecule has 2 fully saturated rings. The van der Waals surface area contributed by atoms with Crippen LogP contribution in [0.25, 0.3) is 0 Å². The minimum absolute atomic E-state index is 0.0685. The maximum absolute atomic E-state index is 13.0. The number of thiophene rings is 1. The molecule has 4 rings (SSSR count). The van der Waals surface area contributed by atoms with Gasteiger partial charge in [-0.15, -0.1) is 21.5 Å². The van der Waals surface area contributed by atoms with Crippen LogP contribution in [0.4, 0.5) is 0 Å². The van der Waals surface area contributed by atoms with Gasteiger partial charge in [-0.3, -0.25) is 4.79 Å². The van der Waals surface area contributed by atoms with Gasteiger partial charge in [0.2, 0.25) is 0 Å². The number of aryl methyl sites for hydroxylation is 1. The Balaban J connectivity index is 1.61. The molecule has 3 heterocycles. The van der Waals surface area contributed by atoms with Crippen molar-refractivity contribution in [1.29, 1.82) is 0 Å². The molecule has 122 valence electrons. The van der Waals surface area contributed by atoms with Crippen LogP contribution in [0, 0.1) is 12.8 Å². The number of likely N-dealkylation sites (tertiary alicyclic amines) is 1. The number of carbonyl (C=O) groups excluding carboxylic acids is 1. The van der Waals surface area contributed by atoms with Gasteiger partial charge in [-0.2, -0.15) is 0 Å². The fourth-order valence-corrected chi connectivity index (χ4v) is 4.29. The van der Waals surface area contributed by atoms with Crippen LogP contribution in [0.5, 0.6) is 0 Å². The maximum Gasteiger partial charge on any atom is 0.264 e. The van der Waals surface area contributed by atoms with E-state index in [0.29, 0.717) is 0 Å². The largest absolute Gasteiger partial charge is 0.328 e. The van der Waals surface area contributed by atoms with Crippen LogP contribution in [-0.4, -0.2) is 32.1 Å². The van der Waals surface area contributed by atoms with Gasteiger partial charge in [0, 0.05) is 13.1 Å². The van der Waals surface area contributed by atoms with Crippen molar-refractivity contribution < 1.29 is 4.79 Å². The molecule has 2 aliphatic rings. The first-order valence-corrected chi connectivity index (χ1v) is 9.35. The minimum atomic E-state index is 0.0685. The summed E-state index contributed by atoms with van der Waals surface area (Å²) in [5.74, 6) is 1.90. The number of aromatic nitrogens is 3. The molecule has 2 aromatic rings. The van der Waals surface area contributed by atoms with Gasteiger partial charge >= 0.3 is 0 Å². The van der Waals surface area contributed by atoms with Crippen molar-refractivity contribution in [2.45, 2.75) is 51.6 Å². The Bertz CT molecular complexity index is 703. The van der Waals surface area contributed by atoms with Crippen molar-refractivity contribution in [3.05, 3.63) is 34.0 Å². The first-order chi connectivity index (χ1) is 11.2. The number of hydrogen-bond donors (Lipinski definition) is 0. The first kappa shape index (κ1) is 14.9. The third-order valence-corrected chi connectivity index (χ3v) is 5.92. The second-order valence-corrected chi connectivity index (χ2v) is 7.64. The van der Waals surface area contributed by atoms with E-state index in [1.165, 1.54) is 12.8 Å². The highest BCUT2D eigenvalue weighted by Crippen LogP contribution is 2.35. The summed E-state index contributed by atoms with van der Waals surface area (Å²) in [5.41, 5.74) is 1.07. The lowest BCUT2D eigenvalue weighted by Gasteiger charge is -2.35. The van der Waals surface area contributed by atoms with E-state index in [-0.39, 0.29) is 11.9 Å². The number of piperidine rings is 1. The van der Waals surface area contributed by atoms with Gasteiger partial charge in [0.15, 0.2) is 5.82 Å². The van der Waals surface area contributed by atoms with Crippen molar-refractivity contribution in [3.63, 3.8) is 0 Å². The average Bonchev–Trinajstić information content (AvgIpc) is 3.08. The van der Waals surface area contributed by atoms with Crippen molar-refractivity contribution >= 4 is 17.2 Å². The van der Waals surface area contributed by atoms with Crippen molar-refractivity contribution in [3.8, 4) is 0 Å². The zero-order valence-electron chi connectivity index (χ0n) is 13.4. The highest BCUT2D eigenvalue weighted by molar-refractivity contribution is 7.12. The monoisotopic (exact) mass is 330 g/mol. The topological polar surface area (TPSA) is 51.0 Å². The lowest BCUT2D eigenvalue weighted by Crippen LogP contribution is -2.39. The first-order valence-electron chi connectivity index (χ1n) is 8.47. The maximum atomic E-state index is 13.0. The molecule has 0 radical (unpaired) electrons. The normalized spacial score (nSPS) is 21.6. The van der Waals surface area contributed by atoms with Crippen LogP contribution in [0.15, 0.2) is 17.8 Å². The summed E-state index contributed by atoms with van der Waals surface area (Å²) in [6, 6.07) is 2.09. The molecule has 1 aliphatic carbocycles. The molecule has 1 atom stereocenters. The summed E-state index contributed by atoms with van der Waals surface area (Å²) >= 11 is 1.54. The van der Waals surface area contributed by atoms with E-state index in [2.05, 4.69) is 14.8 Å². The molecule has 2 aromatic heterocycles. The van der Waals surface area contributed by atoms with Gasteiger partial charge in [0.1, 0.15) is 6.33 Å². The molecule has 1 saturated heterocycles. The molecule has 1 amide bonds. The Morgan fingerprint density at radius 2 is 2.22 bits per heavy atom. The summed E-state index contributed by atoms with van der Waals surface area (Å²) in [4.78, 5) is 15.9. The Hall–Kier alpha value is -1.69. The van der Waals surface area contributed by atoms with E-state index in [1.54, 1.807) is 11.3 Å². The van der Waals surface area contributed by atoms with Crippen molar-refractivity contribution in [2.24, 2.45) is 5.92 Å². The second kappa shape index (κ2) is 6.07. The van der Waals surface area contributed by atoms with E-state index >= 15 is 0 Å². The third kappa shape index (κ3) is 2.92. The van der Waals surface area contributed by atoms with Crippen LogP contribution < -0.4 is 0 Å². The Morgan fingerprint density at radius 3 is 2.96 bits per heavy atom. The second-order valence-electron chi connectivity index (χ2n) is 6.73. The highest BCUT2D eigenvalue weighted by Gasteiger charge is 2.34. The summed E-state index contributed by atoms with van der Waals surface area (Å²) in [7, 11) is 0. The van der Waals surface area contributed by atoms with Crippen LogP contribution >= 0.6 is 11.3 Å². The summed E-state index contributed by atoms with van der Waals surface area (Å²) in [5, 5.41) is 10.5. The number of amides is 1. The van der Waals surface area contributed by atoms with Crippen molar-refractivity contribution in [1.82, 2.24) is 19.7 Å². The minimum Gasteiger partial charge on any atom is -0.328 e. The molecule has 1 unspecified atom stereocenters. The van der Waals surface area contributed by atoms with E-state index in [0.717, 1.165) is 54.5 Å². The van der Waals surface area contributed by atoms with Gasteiger partial charge < -0.3 is 9.47 Å². The fraction of sp³-hybridized carbons (Fsp3) is 0.588. The van der Waals surface area contributed by atoms with Crippen LogP contribution in [0.2, 0.25) is 0 Å². The lowest BCUT2D eigenvalue weighted by molar-refractivity contribution is 0.0598. The number of rotatable bonds is 4. The predicted molar refractivity (Wildman–Crippen MR) is 89.4 cm³/mol. The van der Waals surface area contributed by atoms with Gasteiger partial charge in [-0.25, -0.2) is 0 Å². The van der Waals surface area contributed by atoms with Gasteiger partial charge in [-0.1, -0.05) is 0 Å². The van der Waals surface area contributed by atoms with Gasteiger partial charge in [0.05, 0.1) is 10.9 Å². The molecule has 1 saturated carbocycles. The van der Waals surface area contributed by atoms with Crippen LogP contribution in [0.1, 0.15) is 59.2 Å². The van der Waals surface area contributed by atoms with Crippen LogP contribution in [-0.2, 0) is 6.54 Å². The van der Waals surface area contributed by atoms with Gasteiger partial charge in [0.25, 0.3) is 5.91 Å². The smallest absolute Gasteiger partial charge is 0.264 e. The standard InChI is InChI=1S/C17H22N4OS/c1-12-7-9-23-15(12)17(22)21-8-3-2-4-14(21)16-19-18-11-20(16)10-13-5-6-13/h7,9,11,13-14H,2-6,8,10H2,1H3. The zero-order valence-corrected chi connectivity index (χ0v) is 14.3. The van der Waals surface area contributed by atoms with Crippen LogP contribution in [0.3, 0.4) is 0 Å². The number of carbonyl (C=O) groups is 1. The van der Waals surface area contributed by atoms with E-state index in [9.17, 15) is 4.79 Å². The SMILES string of the molecule is Cc1ccsc1C(=O)N1CCCCC1c1nncn1CC1CC1. The molecule has 5 nitrogen and oxygen atoms in total. The Morgan fingerprint density at radius 1 is 1.35 bits per heavy atom. The molecule has 0 spiro atoms. The lowest BCUT2D eigenvalue weighted by atomic mass is 10.0. The molecular weight excluding hydrogens is 308 g/mol. The molecule has 6 heteroatoms.